The molecular formula is C19H24N4O2S. The molecule has 2 fully saturated rings. The summed E-state index contributed by atoms with van der Waals surface area (Å²) in [5.41, 5.74) is 0.804. The molecule has 0 spiro atoms. The van der Waals surface area contributed by atoms with E-state index in [1.54, 1.807) is 6.20 Å². The Kier molecular flexibility index (Phi) is 5.48. The van der Waals surface area contributed by atoms with Crippen LogP contribution in [0, 0.1) is 0 Å². The molecule has 138 valence electrons. The number of amides is 1. The molecule has 2 aliphatic rings. The normalized spacial score (nSPS) is 19.5. The van der Waals surface area contributed by atoms with Gasteiger partial charge in [-0.3, -0.25) is 9.69 Å². The molecule has 3 heterocycles. The zero-order chi connectivity index (χ0) is 17.8. The van der Waals surface area contributed by atoms with E-state index in [0.717, 1.165) is 63.1 Å². The second-order valence-electron chi connectivity index (χ2n) is 6.69. The highest BCUT2D eigenvalue weighted by atomic mass is 32.1. The van der Waals surface area contributed by atoms with E-state index in [2.05, 4.69) is 20.1 Å². The number of ether oxygens (including phenoxy) is 1. The van der Waals surface area contributed by atoms with Gasteiger partial charge in [0.25, 0.3) is 5.91 Å². The van der Waals surface area contributed by atoms with Gasteiger partial charge in [0, 0.05) is 37.9 Å². The van der Waals surface area contributed by atoms with Crippen molar-refractivity contribution in [2.75, 3.05) is 49.6 Å². The molecule has 0 radical (unpaired) electrons. The van der Waals surface area contributed by atoms with Crippen molar-refractivity contribution < 1.29 is 9.53 Å². The lowest BCUT2D eigenvalue weighted by Crippen LogP contribution is -2.49. The number of benzene rings is 1. The number of nitrogens with one attached hydrogen (secondary N) is 1. The minimum Gasteiger partial charge on any atom is -0.379 e. The number of carbonyl (C=O) groups is 1. The van der Waals surface area contributed by atoms with Gasteiger partial charge in [-0.25, -0.2) is 4.98 Å². The SMILES string of the molecule is O=C(Nc1ccccc1)c1cnc(N2CCC(N3CCOCC3)CC2)s1. The first-order valence-corrected chi connectivity index (χ1v) is 10.0. The second kappa shape index (κ2) is 8.16. The topological polar surface area (TPSA) is 57.7 Å². The van der Waals surface area contributed by atoms with Gasteiger partial charge in [0.15, 0.2) is 5.13 Å². The van der Waals surface area contributed by atoms with Gasteiger partial charge in [-0.2, -0.15) is 0 Å². The third-order valence-electron chi connectivity index (χ3n) is 5.05. The van der Waals surface area contributed by atoms with Crippen molar-refractivity contribution in [1.82, 2.24) is 9.88 Å². The Hall–Kier alpha value is -1.96. The molecular weight excluding hydrogens is 348 g/mol. The van der Waals surface area contributed by atoms with Crippen molar-refractivity contribution in [3.63, 3.8) is 0 Å². The predicted octanol–water partition coefficient (Wildman–Crippen LogP) is 2.70. The molecule has 0 atom stereocenters. The molecule has 2 aliphatic heterocycles. The van der Waals surface area contributed by atoms with Gasteiger partial charge in [0.05, 0.1) is 19.4 Å². The van der Waals surface area contributed by atoms with Gasteiger partial charge in [-0.05, 0) is 25.0 Å². The van der Waals surface area contributed by atoms with Gasteiger partial charge < -0.3 is 15.0 Å². The lowest BCUT2D eigenvalue weighted by atomic mass is 10.0. The van der Waals surface area contributed by atoms with E-state index in [1.165, 1.54) is 11.3 Å². The maximum atomic E-state index is 12.4. The molecule has 4 rings (SSSR count). The van der Waals surface area contributed by atoms with Crippen LogP contribution < -0.4 is 10.2 Å². The van der Waals surface area contributed by atoms with Crippen LogP contribution >= 0.6 is 11.3 Å². The molecule has 2 saturated heterocycles. The van der Waals surface area contributed by atoms with E-state index in [9.17, 15) is 4.79 Å². The molecule has 0 saturated carbocycles. The number of rotatable bonds is 4. The first-order chi connectivity index (χ1) is 12.8. The number of thiazole rings is 1. The van der Waals surface area contributed by atoms with Crippen LogP contribution in [0.3, 0.4) is 0 Å². The van der Waals surface area contributed by atoms with Gasteiger partial charge in [-0.1, -0.05) is 29.5 Å². The first kappa shape index (κ1) is 17.5. The summed E-state index contributed by atoms with van der Waals surface area (Å²) >= 11 is 1.47. The highest BCUT2D eigenvalue weighted by Gasteiger charge is 2.27. The Balaban J connectivity index is 1.33. The summed E-state index contributed by atoms with van der Waals surface area (Å²) in [5.74, 6) is -0.0943. The Morgan fingerprint density at radius 3 is 2.58 bits per heavy atom. The summed E-state index contributed by atoms with van der Waals surface area (Å²) in [6.07, 6.45) is 3.97. The Labute approximate surface area is 157 Å². The van der Waals surface area contributed by atoms with Crippen molar-refractivity contribution in [2.45, 2.75) is 18.9 Å². The maximum absolute atomic E-state index is 12.4. The summed E-state index contributed by atoms with van der Waals surface area (Å²) in [7, 11) is 0. The molecule has 1 amide bonds. The van der Waals surface area contributed by atoms with E-state index in [1.807, 2.05) is 30.3 Å². The Morgan fingerprint density at radius 1 is 1.12 bits per heavy atom. The number of carbonyl (C=O) groups excluding carboxylic acids is 1. The smallest absolute Gasteiger partial charge is 0.267 e. The third-order valence-corrected chi connectivity index (χ3v) is 6.10. The average Bonchev–Trinajstić information content (AvgIpc) is 3.20. The van der Waals surface area contributed by atoms with Gasteiger partial charge in [-0.15, -0.1) is 0 Å². The largest absolute Gasteiger partial charge is 0.379 e. The van der Waals surface area contributed by atoms with Gasteiger partial charge in [0.1, 0.15) is 4.88 Å². The number of piperidine rings is 1. The summed E-state index contributed by atoms with van der Waals surface area (Å²) in [6, 6.07) is 10.2. The van der Waals surface area contributed by atoms with Crippen LogP contribution in [0.15, 0.2) is 36.5 Å². The number of aromatic nitrogens is 1. The number of hydrogen-bond donors (Lipinski definition) is 1. The van der Waals surface area contributed by atoms with Crippen LogP contribution in [0.1, 0.15) is 22.5 Å². The molecule has 6 nitrogen and oxygen atoms in total. The van der Waals surface area contributed by atoms with Crippen LogP contribution in [0.4, 0.5) is 10.8 Å². The fourth-order valence-electron chi connectivity index (χ4n) is 3.60. The van der Waals surface area contributed by atoms with E-state index in [4.69, 9.17) is 4.74 Å². The van der Waals surface area contributed by atoms with Crippen LogP contribution in [0.25, 0.3) is 0 Å². The van der Waals surface area contributed by atoms with E-state index in [-0.39, 0.29) is 5.91 Å². The quantitative estimate of drug-likeness (QED) is 0.894. The van der Waals surface area contributed by atoms with Crippen molar-refractivity contribution in [3.8, 4) is 0 Å². The highest BCUT2D eigenvalue weighted by Crippen LogP contribution is 2.27. The van der Waals surface area contributed by atoms with E-state index < -0.39 is 0 Å². The van der Waals surface area contributed by atoms with E-state index in [0.29, 0.717) is 10.9 Å². The molecule has 1 N–H and O–H groups in total. The predicted molar refractivity (Wildman–Crippen MR) is 104 cm³/mol. The Bertz CT molecular complexity index is 722. The van der Waals surface area contributed by atoms with Crippen LogP contribution in [0.5, 0.6) is 0 Å². The summed E-state index contributed by atoms with van der Waals surface area (Å²) < 4.78 is 5.45. The number of para-hydroxylation sites is 1. The van der Waals surface area contributed by atoms with Crippen LogP contribution in [0.2, 0.25) is 0 Å². The summed E-state index contributed by atoms with van der Waals surface area (Å²) in [5, 5.41) is 3.87. The standard InChI is InChI=1S/C19H24N4O2S/c24-18(21-15-4-2-1-3-5-15)17-14-20-19(26-17)23-8-6-16(7-9-23)22-10-12-25-13-11-22/h1-5,14,16H,6-13H2,(H,21,24). The van der Waals surface area contributed by atoms with Crippen LogP contribution in [-0.4, -0.2) is 61.2 Å². The molecule has 0 bridgehead atoms. The summed E-state index contributed by atoms with van der Waals surface area (Å²) in [6.45, 7) is 5.79. The monoisotopic (exact) mass is 372 g/mol. The molecule has 26 heavy (non-hydrogen) atoms. The van der Waals surface area contributed by atoms with E-state index >= 15 is 0 Å². The van der Waals surface area contributed by atoms with Gasteiger partial charge >= 0.3 is 0 Å². The molecule has 2 aromatic rings. The first-order valence-electron chi connectivity index (χ1n) is 9.18. The third kappa shape index (κ3) is 4.06. The number of hydrogen-bond acceptors (Lipinski definition) is 6. The molecule has 7 heteroatoms. The fraction of sp³-hybridized carbons (Fsp3) is 0.474. The Morgan fingerprint density at radius 2 is 1.85 bits per heavy atom. The number of nitrogens with zero attached hydrogens (tertiary/aromatic N) is 3. The lowest BCUT2D eigenvalue weighted by Gasteiger charge is -2.40. The van der Waals surface area contributed by atoms with Crippen molar-refractivity contribution in [1.29, 1.82) is 0 Å². The minimum absolute atomic E-state index is 0.0943. The number of anilines is 2. The highest BCUT2D eigenvalue weighted by molar-refractivity contribution is 7.17. The zero-order valence-corrected chi connectivity index (χ0v) is 15.6. The van der Waals surface area contributed by atoms with Crippen molar-refractivity contribution in [3.05, 3.63) is 41.4 Å². The maximum Gasteiger partial charge on any atom is 0.267 e. The van der Waals surface area contributed by atoms with Crippen molar-refractivity contribution >= 4 is 28.1 Å². The molecule has 0 aliphatic carbocycles. The zero-order valence-electron chi connectivity index (χ0n) is 14.8. The van der Waals surface area contributed by atoms with Gasteiger partial charge in [0.2, 0.25) is 0 Å². The summed E-state index contributed by atoms with van der Waals surface area (Å²) in [4.78, 5) is 22.4. The lowest BCUT2D eigenvalue weighted by molar-refractivity contribution is 0.0115. The van der Waals surface area contributed by atoms with Crippen LogP contribution in [-0.2, 0) is 4.74 Å². The fourth-order valence-corrected chi connectivity index (χ4v) is 4.46. The number of morpholine rings is 1. The molecule has 1 aromatic heterocycles. The van der Waals surface area contributed by atoms with Crippen molar-refractivity contribution in [2.24, 2.45) is 0 Å². The second-order valence-corrected chi connectivity index (χ2v) is 7.70. The average molecular weight is 372 g/mol. The minimum atomic E-state index is -0.0943. The molecule has 0 unspecified atom stereocenters. The molecule has 1 aromatic carbocycles.